The molecule has 0 spiro atoms. The van der Waals surface area contributed by atoms with Gasteiger partial charge in [0.25, 0.3) is 0 Å². The predicted molar refractivity (Wildman–Crippen MR) is 167 cm³/mol. The molecule has 0 aliphatic rings. The molecule has 0 bridgehead atoms. The SMILES string of the molecule is CC(c1ccc(OCF)cc1)(c1ccc(OCF)cc1)c1ccc(OC(F)(F)C(F)(F)I)cc1.FCF.FCF.FI.FI. The maximum Gasteiger partial charge on any atom is 0.474 e. The van der Waals surface area contributed by atoms with Gasteiger partial charge in [-0.15, -0.1) is 0 Å². The number of alkyl halides is 11. The van der Waals surface area contributed by atoms with E-state index in [-0.39, 0.29) is 0 Å². The smallest absolute Gasteiger partial charge is 0.463 e. The van der Waals surface area contributed by atoms with Crippen molar-refractivity contribution in [1.29, 1.82) is 0 Å². The van der Waals surface area contributed by atoms with Crippen molar-refractivity contribution >= 4 is 68.9 Å². The standard InChI is InChI=1S/C24H19F6IO3.2CH2F2.2FI/c1-22(16-2-8-19(9-3-16)32-14-25,17-4-10-20(11-5-17)33-15-26)18-6-12-21(13-7-18)34-24(29,30)23(27,28)31;2*2-1-3;2*1-2/h2-13H,14-15H2,1H3;2*1H2;;. The van der Waals surface area contributed by atoms with Gasteiger partial charge in [-0.05, 0) is 60.0 Å². The zero-order valence-electron chi connectivity index (χ0n) is 22.2. The second kappa shape index (κ2) is 23.7. The molecule has 250 valence electrons. The summed E-state index contributed by atoms with van der Waals surface area (Å²) < 4.78 is 145. The third-order valence-corrected chi connectivity index (χ3v) is 5.94. The van der Waals surface area contributed by atoms with Crippen LogP contribution < -0.4 is 14.2 Å². The monoisotopic (exact) mass is 992 g/mol. The van der Waals surface area contributed by atoms with Gasteiger partial charge in [-0.25, -0.2) is 26.3 Å². The molecule has 0 N–H and O–H groups in total. The molecule has 0 heterocycles. The van der Waals surface area contributed by atoms with Crippen LogP contribution in [-0.2, 0) is 5.41 Å². The maximum absolute atomic E-state index is 13.6. The second-order valence-electron chi connectivity index (χ2n) is 7.52. The van der Waals surface area contributed by atoms with Crippen LogP contribution in [0.5, 0.6) is 17.2 Å². The molecular formula is C26H23F12I3O3. The summed E-state index contributed by atoms with van der Waals surface area (Å²) in [7, 11) is 0. The molecule has 3 aromatic carbocycles. The molecule has 0 fully saturated rings. The minimum Gasteiger partial charge on any atom is -0.463 e. The van der Waals surface area contributed by atoms with Crippen molar-refractivity contribution in [1.82, 2.24) is 0 Å². The number of hydrogen-bond donors (Lipinski definition) is 0. The summed E-state index contributed by atoms with van der Waals surface area (Å²) in [4.78, 5) is 0. The average molecular weight is 992 g/mol. The third kappa shape index (κ3) is 14.2. The number of rotatable bonds is 10. The van der Waals surface area contributed by atoms with Crippen LogP contribution in [-0.4, -0.2) is 37.6 Å². The molecule has 18 heteroatoms. The highest BCUT2D eigenvalue weighted by Gasteiger charge is 2.57. The van der Waals surface area contributed by atoms with E-state index in [1.807, 2.05) is 6.92 Å². The molecule has 0 radical (unpaired) electrons. The van der Waals surface area contributed by atoms with Crippen LogP contribution >= 0.6 is 68.9 Å². The van der Waals surface area contributed by atoms with E-state index in [1.165, 1.54) is 24.3 Å². The van der Waals surface area contributed by atoms with Crippen molar-refractivity contribution in [2.24, 2.45) is 0 Å². The number of ether oxygens (including phenoxy) is 3. The summed E-state index contributed by atoms with van der Waals surface area (Å²) in [6.45, 7) is -3.63. The zero-order valence-corrected chi connectivity index (χ0v) is 28.6. The molecule has 0 aliphatic carbocycles. The Kier molecular flexibility index (Phi) is 24.0. The van der Waals surface area contributed by atoms with Gasteiger partial charge in [-0.3, -0.25) is 0 Å². The van der Waals surface area contributed by atoms with Crippen molar-refractivity contribution < 1.29 is 63.8 Å². The first-order valence-corrected chi connectivity index (χ1v) is 13.9. The highest BCUT2D eigenvalue weighted by atomic mass is 127. The Balaban J connectivity index is 0. The molecule has 0 atom stereocenters. The van der Waals surface area contributed by atoms with Gasteiger partial charge >= 0.3 is 10.0 Å². The van der Waals surface area contributed by atoms with E-state index in [9.17, 15) is 49.6 Å². The van der Waals surface area contributed by atoms with Gasteiger partial charge in [0, 0.05) is 28.0 Å². The lowest BCUT2D eigenvalue weighted by atomic mass is 9.71. The molecule has 3 nitrogen and oxygen atoms in total. The summed E-state index contributed by atoms with van der Waals surface area (Å²) in [5, 5.41) is 0. The fourth-order valence-corrected chi connectivity index (χ4v) is 3.57. The Morgan fingerprint density at radius 1 is 0.523 bits per heavy atom. The fourth-order valence-electron chi connectivity index (χ4n) is 3.46. The number of halogens is 15. The number of hydrogen-bond acceptors (Lipinski definition) is 3. The summed E-state index contributed by atoms with van der Waals surface area (Å²) >= 11 is 1.62. The predicted octanol–water partition coefficient (Wildman–Crippen LogP) is 12.0. The van der Waals surface area contributed by atoms with Crippen LogP contribution in [0.3, 0.4) is 0 Å². The van der Waals surface area contributed by atoms with Gasteiger partial charge in [-0.2, -0.15) is 23.3 Å². The van der Waals surface area contributed by atoms with Crippen LogP contribution in [0.25, 0.3) is 0 Å². The van der Waals surface area contributed by atoms with E-state index in [1.54, 1.807) is 48.5 Å². The molecule has 0 amide bonds. The highest BCUT2D eigenvalue weighted by Crippen LogP contribution is 2.43. The minimum atomic E-state index is -4.70. The van der Waals surface area contributed by atoms with Crippen LogP contribution in [0.15, 0.2) is 72.8 Å². The van der Waals surface area contributed by atoms with Gasteiger partial charge in [0.15, 0.2) is 46.3 Å². The Morgan fingerprint density at radius 3 is 1.00 bits per heavy atom. The molecule has 3 aromatic rings. The van der Waals surface area contributed by atoms with Crippen molar-refractivity contribution in [3.63, 3.8) is 0 Å². The van der Waals surface area contributed by atoms with E-state index in [0.29, 0.717) is 86.0 Å². The van der Waals surface area contributed by atoms with Gasteiger partial charge in [0.2, 0.25) is 27.6 Å². The first-order valence-electron chi connectivity index (χ1n) is 11.2. The van der Waals surface area contributed by atoms with Gasteiger partial charge < -0.3 is 14.2 Å². The Morgan fingerprint density at radius 2 is 0.773 bits per heavy atom. The molecule has 3 rings (SSSR count). The molecule has 0 aromatic heterocycles. The molecular weight excluding hydrogens is 969 g/mol. The lowest BCUT2D eigenvalue weighted by molar-refractivity contribution is -0.261. The Bertz CT molecular complexity index is 1070. The summed E-state index contributed by atoms with van der Waals surface area (Å²) in [6.07, 6.45) is -4.70. The first-order chi connectivity index (χ1) is 20.8. The van der Waals surface area contributed by atoms with Gasteiger partial charge in [0.1, 0.15) is 17.2 Å². The van der Waals surface area contributed by atoms with Crippen molar-refractivity contribution in [2.75, 3.05) is 27.6 Å². The van der Waals surface area contributed by atoms with Gasteiger partial charge in [0.05, 0.1) is 0 Å². The molecule has 0 saturated carbocycles. The van der Waals surface area contributed by atoms with E-state index in [2.05, 4.69) is 4.74 Å². The quantitative estimate of drug-likeness (QED) is 0.0877. The van der Waals surface area contributed by atoms with E-state index in [0.717, 1.165) is 11.1 Å². The van der Waals surface area contributed by atoms with Gasteiger partial charge in [-0.1, -0.05) is 36.4 Å². The Labute approximate surface area is 287 Å². The van der Waals surface area contributed by atoms with Crippen molar-refractivity contribution in [3.05, 3.63) is 89.5 Å². The topological polar surface area (TPSA) is 27.7 Å². The normalized spacial score (nSPS) is 10.6. The van der Waals surface area contributed by atoms with Crippen molar-refractivity contribution in [2.45, 2.75) is 22.4 Å². The molecule has 44 heavy (non-hydrogen) atoms. The first kappa shape index (κ1) is 44.5. The van der Waals surface area contributed by atoms with Crippen LogP contribution in [0.1, 0.15) is 23.6 Å². The maximum atomic E-state index is 13.6. The van der Waals surface area contributed by atoms with Crippen LogP contribution in [0, 0.1) is 0 Å². The van der Waals surface area contributed by atoms with E-state index < -0.39 is 48.8 Å². The Hall–Kier alpha value is -1.59. The largest absolute Gasteiger partial charge is 0.474 e. The molecule has 0 aliphatic heterocycles. The third-order valence-electron chi connectivity index (χ3n) is 5.31. The number of benzene rings is 3. The molecule has 0 unspecified atom stereocenters. The highest BCUT2D eigenvalue weighted by molar-refractivity contribution is 14.1. The average Bonchev–Trinajstić information content (AvgIpc) is 3.00. The molecule has 0 saturated heterocycles. The fraction of sp³-hybridized carbons (Fsp3) is 0.308. The zero-order chi connectivity index (χ0) is 34.4. The second-order valence-corrected chi connectivity index (χ2v) is 8.88. The van der Waals surface area contributed by atoms with E-state index >= 15 is 0 Å². The summed E-state index contributed by atoms with van der Waals surface area (Å²) in [6, 6.07) is 18.5. The van der Waals surface area contributed by atoms with Crippen LogP contribution in [0.2, 0.25) is 0 Å². The summed E-state index contributed by atoms with van der Waals surface area (Å²) in [5.41, 5.74) is 1.20. The summed E-state index contributed by atoms with van der Waals surface area (Å²) in [5.74, 6) is 0.183. The van der Waals surface area contributed by atoms with Crippen molar-refractivity contribution in [3.8, 4) is 17.2 Å². The lowest BCUT2D eigenvalue weighted by Gasteiger charge is -2.32. The van der Waals surface area contributed by atoms with Crippen LogP contribution in [0.4, 0.5) is 49.6 Å². The lowest BCUT2D eigenvalue weighted by Crippen LogP contribution is -2.40. The van der Waals surface area contributed by atoms with E-state index in [4.69, 9.17) is 9.47 Å². The minimum absolute atomic E-state index is 0.311.